The molecule has 0 radical (unpaired) electrons. The highest BCUT2D eigenvalue weighted by Gasteiger charge is 2.03. The van der Waals surface area contributed by atoms with E-state index < -0.39 is 0 Å². The van der Waals surface area contributed by atoms with E-state index in [9.17, 15) is 0 Å². The van der Waals surface area contributed by atoms with E-state index in [4.69, 9.17) is 0 Å². The van der Waals surface area contributed by atoms with Gasteiger partial charge in [-0.3, -0.25) is 0 Å². The van der Waals surface area contributed by atoms with E-state index in [0.717, 1.165) is 12.0 Å². The van der Waals surface area contributed by atoms with Crippen LogP contribution in [0.4, 0.5) is 0 Å². The number of aryl methyl sites for hydroxylation is 1. The normalized spacial score (nSPS) is 12.3. The molecule has 1 aromatic rings. The SMILES string of the molecule is C=C(C)/C(C)=C(/CC)c1ccc(C)cc1. The van der Waals surface area contributed by atoms with Crippen molar-refractivity contribution in [3.63, 3.8) is 0 Å². The molecule has 1 aromatic carbocycles. The van der Waals surface area contributed by atoms with E-state index >= 15 is 0 Å². The van der Waals surface area contributed by atoms with Crippen LogP contribution < -0.4 is 0 Å². The lowest BCUT2D eigenvalue weighted by atomic mass is 9.95. The zero-order valence-electron chi connectivity index (χ0n) is 10.2. The van der Waals surface area contributed by atoms with Gasteiger partial charge in [0.25, 0.3) is 0 Å². The maximum atomic E-state index is 4.01. The first-order valence-electron chi connectivity index (χ1n) is 5.49. The van der Waals surface area contributed by atoms with Crippen LogP contribution in [-0.2, 0) is 0 Å². The standard InChI is InChI=1S/C15H20/c1-6-15(13(5)11(2)3)14-9-7-12(4)8-10-14/h7-10H,2,6H2,1,3-5H3/b15-13-. The molecule has 0 heteroatoms. The lowest BCUT2D eigenvalue weighted by Gasteiger charge is -2.11. The molecule has 0 amide bonds. The van der Waals surface area contributed by atoms with Crippen molar-refractivity contribution in [1.82, 2.24) is 0 Å². The van der Waals surface area contributed by atoms with Gasteiger partial charge in [0.05, 0.1) is 0 Å². The van der Waals surface area contributed by atoms with Crippen LogP contribution in [0.2, 0.25) is 0 Å². The van der Waals surface area contributed by atoms with Gasteiger partial charge in [0.2, 0.25) is 0 Å². The molecule has 0 saturated carbocycles. The molecule has 15 heavy (non-hydrogen) atoms. The molecule has 0 atom stereocenters. The average Bonchev–Trinajstić information content (AvgIpc) is 2.21. The zero-order chi connectivity index (χ0) is 11.4. The lowest BCUT2D eigenvalue weighted by molar-refractivity contribution is 1.19. The van der Waals surface area contributed by atoms with Gasteiger partial charge in [-0.1, -0.05) is 48.9 Å². The summed E-state index contributed by atoms with van der Waals surface area (Å²) in [5.74, 6) is 0. The molecule has 0 unspecified atom stereocenters. The fourth-order valence-corrected chi connectivity index (χ4v) is 1.70. The van der Waals surface area contributed by atoms with Crippen LogP contribution in [0.15, 0.2) is 42.0 Å². The third-order valence-corrected chi connectivity index (χ3v) is 2.85. The molecular formula is C15H20. The summed E-state index contributed by atoms with van der Waals surface area (Å²) >= 11 is 0. The summed E-state index contributed by atoms with van der Waals surface area (Å²) in [6.45, 7) is 12.5. The number of hydrogen-bond donors (Lipinski definition) is 0. The molecule has 0 bridgehead atoms. The van der Waals surface area contributed by atoms with Gasteiger partial charge < -0.3 is 0 Å². The van der Waals surface area contributed by atoms with Crippen molar-refractivity contribution < 1.29 is 0 Å². The van der Waals surface area contributed by atoms with Crippen LogP contribution >= 0.6 is 0 Å². The molecule has 0 heterocycles. The predicted molar refractivity (Wildman–Crippen MR) is 68.9 cm³/mol. The van der Waals surface area contributed by atoms with E-state index in [1.807, 2.05) is 0 Å². The van der Waals surface area contributed by atoms with Gasteiger partial charge >= 0.3 is 0 Å². The van der Waals surface area contributed by atoms with Gasteiger partial charge in [0.15, 0.2) is 0 Å². The van der Waals surface area contributed by atoms with Gasteiger partial charge in [-0.2, -0.15) is 0 Å². The van der Waals surface area contributed by atoms with Crippen LogP contribution in [0.5, 0.6) is 0 Å². The van der Waals surface area contributed by atoms with Gasteiger partial charge in [-0.05, 0) is 43.9 Å². The zero-order valence-corrected chi connectivity index (χ0v) is 10.2. The van der Waals surface area contributed by atoms with Gasteiger partial charge in [-0.15, -0.1) is 0 Å². The number of allylic oxidation sites excluding steroid dienone is 3. The van der Waals surface area contributed by atoms with Crippen molar-refractivity contribution in [2.75, 3.05) is 0 Å². The first-order chi connectivity index (χ1) is 7.06. The van der Waals surface area contributed by atoms with Crippen LogP contribution in [0.1, 0.15) is 38.3 Å². The molecule has 0 fully saturated rings. The Hall–Kier alpha value is -1.30. The highest BCUT2D eigenvalue weighted by atomic mass is 14.1. The molecule has 0 nitrogen and oxygen atoms in total. The smallest absolute Gasteiger partial charge is 0.0222 e. The summed E-state index contributed by atoms with van der Waals surface area (Å²) in [5, 5.41) is 0. The number of benzene rings is 1. The minimum Gasteiger partial charge on any atom is -0.0958 e. The van der Waals surface area contributed by atoms with Crippen molar-refractivity contribution in [3.05, 3.63) is 53.1 Å². The molecule has 0 aromatic heterocycles. The Kier molecular flexibility index (Phi) is 3.90. The second-order valence-electron chi connectivity index (χ2n) is 4.10. The van der Waals surface area contributed by atoms with E-state index in [0.29, 0.717) is 0 Å². The van der Waals surface area contributed by atoms with Crippen molar-refractivity contribution in [1.29, 1.82) is 0 Å². The van der Waals surface area contributed by atoms with Crippen molar-refractivity contribution in [2.45, 2.75) is 34.1 Å². The lowest BCUT2D eigenvalue weighted by Crippen LogP contribution is -1.89. The molecule has 0 aliphatic carbocycles. The molecule has 0 N–H and O–H groups in total. The Morgan fingerprint density at radius 2 is 1.67 bits per heavy atom. The molecule has 0 spiro atoms. The monoisotopic (exact) mass is 200 g/mol. The maximum Gasteiger partial charge on any atom is -0.0222 e. The highest BCUT2D eigenvalue weighted by Crippen LogP contribution is 2.25. The Morgan fingerprint density at radius 1 is 1.13 bits per heavy atom. The Balaban J connectivity index is 3.19. The summed E-state index contributed by atoms with van der Waals surface area (Å²) < 4.78 is 0. The van der Waals surface area contributed by atoms with Crippen LogP contribution in [-0.4, -0.2) is 0 Å². The van der Waals surface area contributed by atoms with Gasteiger partial charge in [0, 0.05) is 0 Å². The summed E-state index contributed by atoms with van der Waals surface area (Å²) in [4.78, 5) is 0. The molecule has 80 valence electrons. The predicted octanol–water partition coefficient (Wildman–Crippen LogP) is 4.75. The van der Waals surface area contributed by atoms with E-state index in [2.05, 4.69) is 58.5 Å². The van der Waals surface area contributed by atoms with Gasteiger partial charge in [-0.25, -0.2) is 0 Å². The second-order valence-corrected chi connectivity index (χ2v) is 4.10. The second kappa shape index (κ2) is 4.97. The van der Waals surface area contributed by atoms with Crippen molar-refractivity contribution >= 4 is 5.57 Å². The molecular weight excluding hydrogens is 180 g/mol. The van der Waals surface area contributed by atoms with Gasteiger partial charge in [0.1, 0.15) is 0 Å². The first kappa shape index (κ1) is 11.8. The number of rotatable bonds is 3. The third kappa shape index (κ3) is 2.82. The summed E-state index contributed by atoms with van der Waals surface area (Å²) in [6.07, 6.45) is 1.06. The van der Waals surface area contributed by atoms with Crippen LogP contribution in [0, 0.1) is 6.92 Å². The first-order valence-corrected chi connectivity index (χ1v) is 5.49. The maximum absolute atomic E-state index is 4.01. The minimum absolute atomic E-state index is 1.06. The fourth-order valence-electron chi connectivity index (χ4n) is 1.70. The van der Waals surface area contributed by atoms with E-state index in [1.54, 1.807) is 0 Å². The Bertz CT molecular complexity index is 377. The Labute approximate surface area is 93.3 Å². The van der Waals surface area contributed by atoms with Crippen LogP contribution in [0.25, 0.3) is 5.57 Å². The van der Waals surface area contributed by atoms with Crippen molar-refractivity contribution in [3.8, 4) is 0 Å². The largest absolute Gasteiger partial charge is 0.0958 e. The number of hydrogen-bond acceptors (Lipinski definition) is 0. The van der Waals surface area contributed by atoms with Crippen LogP contribution in [0.3, 0.4) is 0 Å². The third-order valence-electron chi connectivity index (χ3n) is 2.85. The average molecular weight is 200 g/mol. The fraction of sp³-hybridized carbons (Fsp3) is 0.333. The highest BCUT2D eigenvalue weighted by molar-refractivity contribution is 5.71. The Morgan fingerprint density at radius 3 is 2.07 bits per heavy atom. The quantitative estimate of drug-likeness (QED) is 0.617. The molecule has 1 rings (SSSR count). The summed E-state index contributed by atoms with van der Waals surface area (Å²) in [5.41, 5.74) is 6.52. The van der Waals surface area contributed by atoms with E-state index in [1.165, 1.54) is 22.3 Å². The minimum atomic E-state index is 1.06. The van der Waals surface area contributed by atoms with Crippen molar-refractivity contribution in [2.24, 2.45) is 0 Å². The van der Waals surface area contributed by atoms with E-state index in [-0.39, 0.29) is 0 Å². The molecule has 0 saturated heterocycles. The molecule has 0 aliphatic heterocycles. The summed E-state index contributed by atoms with van der Waals surface area (Å²) in [6, 6.07) is 8.72. The summed E-state index contributed by atoms with van der Waals surface area (Å²) in [7, 11) is 0. The topological polar surface area (TPSA) is 0 Å². The molecule has 0 aliphatic rings.